The Hall–Kier alpha value is -1.32. The second kappa shape index (κ2) is 5.59. The Bertz CT molecular complexity index is 595. The van der Waals surface area contributed by atoms with Crippen LogP contribution in [0.1, 0.15) is 66.2 Å². The first kappa shape index (κ1) is 17.1. The SMILES string of the molecule is CC(C)=C[C@@H]1[C@@H](C(=O)NNC(=O)C23CC4CC(CC(C4)C2)C3)C1(C)C. The molecule has 0 radical (unpaired) electrons. The van der Waals surface area contributed by atoms with Gasteiger partial charge in [-0.2, -0.15) is 0 Å². The average Bonchev–Trinajstić information content (AvgIpc) is 3.03. The summed E-state index contributed by atoms with van der Waals surface area (Å²) in [6.45, 7) is 8.39. The highest BCUT2D eigenvalue weighted by Gasteiger charge is 2.60. The van der Waals surface area contributed by atoms with Crippen molar-refractivity contribution in [1.29, 1.82) is 0 Å². The summed E-state index contributed by atoms with van der Waals surface area (Å²) in [4.78, 5) is 25.5. The normalized spacial score (nSPS) is 42.6. The second-order valence-electron chi connectivity index (χ2n) is 10.2. The molecule has 0 spiro atoms. The number of hydrogen-bond donors (Lipinski definition) is 2. The summed E-state index contributed by atoms with van der Waals surface area (Å²) in [5.74, 6) is 2.46. The van der Waals surface area contributed by atoms with Crippen LogP contribution in [0.4, 0.5) is 0 Å². The van der Waals surface area contributed by atoms with Gasteiger partial charge in [-0.05, 0) is 81.5 Å². The van der Waals surface area contributed by atoms with E-state index in [0.29, 0.717) is 0 Å². The van der Waals surface area contributed by atoms with Gasteiger partial charge in [-0.3, -0.25) is 20.4 Å². The van der Waals surface area contributed by atoms with Crippen molar-refractivity contribution >= 4 is 11.8 Å². The molecule has 25 heavy (non-hydrogen) atoms. The molecule has 2 atom stereocenters. The van der Waals surface area contributed by atoms with Crippen LogP contribution >= 0.6 is 0 Å². The molecule has 2 amide bonds. The van der Waals surface area contributed by atoms with E-state index < -0.39 is 0 Å². The minimum Gasteiger partial charge on any atom is -0.273 e. The summed E-state index contributed by atoms with van der Waals surface area (Å²) < 4.78 is 0. The predicted octanol–water partition coefficient (Wildman–Crippen LogP) is 3.59. The fourth-order valence-corrected chi connectivity index (χ4v) is 6.57. The fraction of sp³-hybridized carbons (Fsp3) is 0.810. The maximum atomic E-state index is 12.9. The van der Waals surface area contributed by atoms with Gasteiger partial charge in [-0.15, -0.1) is 0 Å². The van der Waals surface area contributed by atoms with Gasteiger partial charge < -0.3 is 0 Å². The fourth-order valence-electron chi connectivity index (χ4n) is 6.57. The van der Waals surface area contributed by atoms with E-state index in [2.05, 4.69) is 44.6 Å². The Labute approximate surface area is 151 Å². The molecule has 5 aliphatic rings. The Morgan fingerprint density at radius 1 is 0.920 bits per heavy atom. The molecule has 0 aliphatic heterocycles. The van der Waals surface area contributed by atoms with Crippen LogP contribution in [0.15, 0.2) is 11.6 Å². The molecule has 5 aliphatic carbocycles. The van der Waals surface area contributed by atoms with Crippen molar-refractivity contribution in [3.63, 3.8) is 0 Å². The molecule has 0 heterocycles. The molecule has 0 saturated heterocycles. The molecule has 0 unspecified atom stereocenters. The van der Waals surface area contributed by atoms with Gasteiger partial charge in [0, 0.05) is 0 Å². The molecule has 5 fully saturated rings. The summed E-state index contributed by atoms with van der Waals surface area (Å²) in [5.41, 5.74) is 6.59. The smallest absolute Gasteiger partial charge is 0.244 e. The zero-order valence-electron chi connectivity index (χ0n) is 16.0. The van der Waals surface area contributed by atoms with Crippen LogP contribution in [0.3, 0.4) is 0 Å². The lowest BCUT2D eigenvalue weighted by Crippen LogP contribution is -2.57. The highest BCUT2D eigenvalue weighted by Crippen LogP contribution is 2.60. The number of nitrogens with one attached hydrogen (secondary N) is 2. The number of allylic oxidation sites excluding steroid dienone is 2. The third kappa shape index (κ3) is 2.82. The van der Waals surface area contributed by atoms with E-state index in [-0.39, 0.29) is 34.5 Å². The van der Waals surface area contributed by atoms with Gasteiger partial charge in [0.1, 0.15) is 0 Å². The summed E-state index contributed by atoms with van der Waals surface area (Å²) in [6.07, 6.45) is 9.21. The Kier molecular flexibility index (Phi) is 3.82. The van der Waals surface area contributed by atoms with Crippen molar-refractivity contribution < 1.29 is 9.59 Å². The molecular weight excluding hydrogens is 312 g/mol. The maximum absolute atomic E-state index is 12.9. The van der Waals surface area contributed by atoms with Crippen LogP contribution < -0.4 is 10.9 Å². The predicted molar refractivity (Wildman–Crippen MR) is 97.1 cm³/mol. The summed E-state index contributed by atoms with van der Waals surface area (Å²) in [7, 11) is 0. The Morgan fingerprint density at radius 3 is 1.92 bits per heavy atom. The van der Waals surface area contributed by atoms with Crippen molar-refractivity contribution in [2.75, 3.05) is 0 Å². The molecular formula is C21H32N2O2. The van der Waals surface area contributed by atoms with E-state index in [0.717, 1.165) is 37.0 Å². The van der Waals surface area contributed by atoms with E-state index >= 15 is 0 Å². The number of amides is 2. The maximum Gasteiger partial charge on any atom is 0.244 e. The van der Waals surface area contributed by atoms with Gasteiger partial charge in [0.2, 0.25) is 11.8 Å². The molecule has 5 rings (SSSR count). The molecule has 0 aromatic heterocycles. The van der Waals surface area contributed by atoms with Gasteiger partial charge >= 0.3 is 0 Å². The lowest BCUT2D eigenvalue weighted by molar-refractivity contribution is -0.149. The van der Waals surface area contributed by atoms with Crippen LogP contribution in [0.2, 0.25) is 0 Å². The molecule has 4 bridgehead atoms. The van der Waals surface area contributed by atoms with Gasteiger partial charge in [0.25, 0.3) is 0 Å². The summed E-state index contributed by atoms with van der Waals surface area (Å²) in [6, 6.07) is 0. The third-order valence-electron chi connectivity index (χ3n) is 7.53. The lowest BCUT2D eigenvalue weighted by atomic mass is 9.49. The van der Waals surface area contributed by atoms with E-state index in [4.69, 9.17) is 0 Å². The van der Waals surface area contributed by atoms with Gasteiger partial charge in [-0.25, -0.2) is 0 Å². The van der Waals surface area contributed by atoms with Gasteiger partial charge in [0.15, 0.2) is 0 Å². The monoisotopic (exact) mass is 344 g/mol. The summed E-state index contributed by atoms with van der Waals surface area (Å²) >= 11 is 0. The number of rotatable bonds is 3. The molecule has 0 aromatic carbocycles. The van der Waals surface area contributed by atoms with Crippen molar-refractivity contribution in [1.82, 2.24) is 10.9 Å². The number of carbonyl (C=O) groups is 2. The van der Waals surface area contributed by atoms with Crippen LogP contribution in [-0.2, 0) is 9.59 Å². The molecule has 5 saturated carbocycles. The van der Waals surface area contributed by atoms with E-state index in [1.165, 1.54) is 24.8 Å². The number of hydrogen-bond acceptors (Lipinski definition) is 2. The molecule has 4 nitrogen and oxygen atoms in total. The Morgan fingerprint density at radius 2 is 1.44 bits per heavy atom. The van der Waals surface area contributed by atoms with Crippen molar-refractivity contribution in [3.05, 3.63) is 11.6 Å². The van der Waals surface area contributed by atoms with Crippen molar-refractivity contribution in [2.45, 2.75) is 66.2 Å². The van der Waals surface area contributed by atoms with E-state index in [1.54, 1.807) is 0 Å². The highest BCUT2D eigenvalue weighted by molar-refractivity contribution is 5.88. The van der Waals surface area contributed by atoms with Gasteiger partial charge in [-0.1, -0.05) is 25.5 Å². The molecule has 0 aromatic rings. The minimum atomic E-state index is -0.208. The molecule has 138 valence electrons. The molecule has 4 heteroatoms. The largest absolute Gasteiger partial charge is 0.273 e. The third-order valence-corrected chi connectivity index (χ3v) is 7.53. The quantitative estimate of drug-likeness (QED) is 0.607. The number of hydrazine groups is 1. The van der Waals surface area contributed by atoms with Crippen LogP contribution in [0.25, 0.3) is 0 Å². The zero-order chi connectivity index (χ0) is 18.0. The Balaban J connectivity index is 1.37. The van der Waals surface area contributed by atoms with E-state index in [1.807, 2.05) is 0 Å². The van der Waals surface area contributed by atoms with Crippen LogP contribution in [0.5, 0.6) is 0 Å². The van der Waals surface area contributed by atoms with E-state index in [9.17, 15) is 9.59 Å². The lowest BCUT2D eigenvalue weighted by Gasteiger charge is -2.55. The second-order valence-corrected chi connectivity index (χ2v) is 10.2. The average molecular weight is 344 g/mol. The minimum absolute atomic E-state index is 0.0211. The zero-order valence-corrected chi connectivity index (χ0v) is 16.0. The highest BCUT2D eigenvalue weighted by atomic mass is 16.2. The van der Waals surface area contributed by atoms with Crippen molar-refractivity contribution in [3.8, 4) is 0 Å². The van der Waals surface area contributed by atoms with Crippen molar-refractivity contribution in [2.24, 2.45) is 40.4 Å². The first-order valence-corrected chi connectivity index (χ1v) is 9.96. The standard InChI is InChI=1S/C21H32N2O2/c1-12(2)5-16-17(20(16,3)4)18(24)22-23-19(25)21-9-13-6-14(10-21)8-15(7-13)11-21/h5,13-17H,6-11H2,1-4H3,(H,22,24)(H,23,25)/t13?,14?,15?,16-,17+,21?/m1/s1. The van der Waals surface area contributed by atoms with Crippen LogP contribution in [0, 0.1) is 40.4 Å². The van der Waals surface area contributed by atoms with Gasteiger partial charge in [0.05, 0.1) is 11.3 Å². The first-order chi connectivity index (χ1) is 11.7. The van der Waals surface area contributed by atoms with Crippen LogP contribution in [-0.4, -0.2) is 11.8 Å². The topological polar surface area (TPSA) is 58.2 Å². The number of carbonyl (C=O) groups excluding carboxylic acids is 2. The summed E-state index contributed by atoms with van der Waals surface area (Å²) in [5, 5.41) is 0. The first-order valence-electron chi connectivity index (χ1n) is 9.96. The molecule has 2 N–H and O–H groups in total.